The van der Waals surface area contributed by atoms with Crippen molar-refractivity contribution in [3.05, 3.63) is 75.3 Å². The van der Waals surface area contributed by atoms with Crippen molar-refractivity contribution >= 4 is 17.3 Å². The second-order valence-electron chi connectivity index (χ2n) is 6.05. The zero-order valence-electron chi connectivity index (χ0n) is 14.9. The molecule has 0 saturated carbocycles. The van der Waals surface area contributed by atoms with Gasteiger partial charge in [-0.1, -0.05) is 11.6 Å². The lowest BCUT2D eigenvalue weighted by molar-refractivity contribution is -0.384. The predicted octanol–water partition coefficient (Wildman–Crippen LogP) is 4.54. The van der Waals surface area contributed by atoms with Crippen molar-refractivity contribution in [2.75, 3.05) is 14.2 Å². The smallest absolute Gasteiger partial charge is 0.269 e. The fraction of sp³-hybridized carbons (Fsp3) is 0.211. The second kappa shape index (κ2) is 8.20. The van der Waals surface area contributed by atoms with Crippen molar-refractivity contribution in [3.8, 4) is 17.1 Å². The molecule has 0 fully saturated rings. The molecule has 0 spiro atoms. The molecule has 1 heterocycles. The number of methoxy groups -OCH3 is 1. The lowest BCUT2D eigenvalue weighted by Crippen LogP contribution is -2.17. The Morgan fingerprint density at radius 1 is 1.22 bits per heavy atom. The van der Waals surface area contributed by atoms with E-state index < -0.39 is 4.92 Å². The van der Waals surface area contributed by atoms with Crippen LogP contribution < -0.4 is 4.74 Å². The largest absolute Gasteiger partial charge is 0.497 e. The van der Waals surface area contributed by atoms with Gasteiger partial charge in [0.15, 0.2) is 5.76 Å². The van der Waals surface area contributed by atoms with E-state index in [9.17, 15) is 10.1 Å². The Bertz CT molecular complexity index is 940. The Balaban J connectivity index is 1.68. The van der Waals surface area contributed by atoms with Gasteiger partial charge >= 0.3 is 0 Å². The molecular weight excluding hydrogens is 370 g/mol. The van der Waals surface area contributed by atoms with Gasteiger partial charge in [-0.2, -0.15) is 0 Å². The van der Waals surface area contributed by atoms with Crippen LogP contribution in [0.5, 0.6) is 5.75 Å². The van der Waals surface area contributed by atoms with E-state index in [1.807, 2.05) is 36.2 Å². The molecule has 0 aliphatic rings. The molecule has 0 aliphatic heterocycles. The normalized spacial score (nSPS) is 11.0. The highest BCUT2D eigenvalue weighted by atomic mass is 35.5. The van der Waals surface area contributed by atoms with Gasteiger partial charge in [-0.15, -0.1) is 0 Å². The van der Waals surface area contributed by atoms with Crippen LogP contribution in [0.1, 0.15) is 11.5 Å². The topological polar surface area (TPSA) is 81.6 Å². The average molecular weight is 388 g/mol. The summed E-state index contributed by atoms with van der Waals surface area (Å²) in [5.41, 5.74) is 1.59. The number of oxazole rings is 1. The Morgan fingerprint density at radius 2 is 1.96 bits per heavy atom. The summed E-state index contributed by atoms with van der Waals surface area (Å²) in [6.45, 7) is 0.871. The first-order chi connectivity index (χ1) is 13.0. The molecule has 3 rings (SSSR count). The second-order valence-corrected chi connectivity index (χ2v) is 6.46. The molecule has 27 heavy (non-hydrogen) atoms. The van der Waals surface area contributed by atoms with E-state index in [0.29, 0.717) is 35.3 Å². The highest BCUT2D eigenvalue weighted by Crippen LogP contribution is 2.25. The summed E-state index contributed by atoms with van der Waals surface area (Å²) in [5.74, 6) is 1.98. The third-order valence-corrected chi connectivity index (χ3v) is 4.38. The van der Waals surface area contributed by atoms with E-state index in [4.69, 9.17) is 20.8 Å². The van der Waals surface area contributed by atoms with Crippen LogP contribution in [0.15, 0.2) is 53.1 Å². The number of nitro benzene ring substituents is 1. The lowest BCUT2D eigenvalue weighted by atomic mass is 10.2. The molecule has 0 radical (unpaired) electrons. The summed E-state index contributed by atoms with van der Waals surface area (Å²) >= 11 is 6.16. The monoisotopic (exact) mass is 387 g/mol. The third kappa shape index (κ3) is 4.64. The van der Waals surface area contributed by atoms with Crippen molar-refractivity contribution in [2.45, 2.75) is 13.1 Å². The zero-order valence-corrected chi connectivity index (χ0v) is 15.6. The fourth-order valence-electron chi connectivity index (χ4n) is 2.65. The number of aromatic nitrogens is 1. The minimum atomic E-state index is -0.435. The van der Waals surface area contributed by atoms with E-state index in [-0.39, 0.29) is 5.69 Å². The minimum absolute atomic E-state index is 0.0146. The summed E-state index contributed by atoms with van der Waals surface area (Å²) in [6.07, 6.45) is 1.67. The Kier molecular flexibility index (Phi) is 5.73. The maximum Gasteiger partial charge on any atom is 0.269 e. The Morgan fingerprint density at radius 3 is 2.63 bits per heavy atom. The van der Waals surface area contributed by atoms with Gasteiger partial charge in [0.1, 0.15) is 5.75 Å². The summed E-state index contributed by atoms with van der Waals surface area (Å²) in [6, 6.07) is 11.9. The van der Waals surface area contributed by atoms with Gasteiger partial charge in [-0.25, -0.2) is 4.98 Å². The number of rotatable bonds is 7. The van der Waals surface area contributed by atoms with Crippen LogP contribution in [-0.2, 0) is 13.1 Å². The van der Waals surface area contributed by atoms with Crippen LogP contribution >= 0.6 is 11.6 Å². The molecule has 0 N–H and O–H groups in total. The van der Waals surface area contributed by atoms with Crippen LogP contribution in [-0.4, -0.2) is 29.0 Å². The predicted molar refractivity (Wildman–Crippen MR) is 102 cm³/mol. The molecule has 2 aromatic carbocycles. The zero-order chi connectivity index (χ0) is 19.4. The molecule has 0 bridgehead atoms. The minimum Gasteiger partial charge on any atom is -0.497 e. The quantitative estimate of drug-likeness (QED) is 0.437. The number of nitro groups is 1. The van der Waals surface area contributed by atoms with Gasteiger partial charge in [0.05, 0.1) is 24.8 Å². The number of nitrogens with zero attached hydrogens (tertiary/aromatic N) is 3. The standard InChI is InChI=1S/C19H18ClN3O4/c1-22(11-14-9-15(23(24)25)5-8-17(14)20)12-19-21-10-18(27-19)13-3-6-16(26-2)7-4-13/h3-10H,11-12H2,1-2H3. The van der Waals surface area contributed by atoms with E-state index in [1.54, 1.807) is 13.3 Å². The van der Waals surface area contributed by atoms with E-state index in [0.717, 1.165) is 11.3 Å². The number of non-ortho nitro benzene ring substituents is 1. The van der Waals surface area contributed by atoms with Gasteiger partial charge in [0.25, 0.3) is 5.69 Å². The first-order valence-corrected chi connectivity index (χ1v) is 8.54. The average Bonchev–Trinajstić information content (AvgIpc) is 3.11. The SMILES string of the molecule is COc1ccc(-c2cnc(CN(C)Cc3cc([N+](=O)[O-])ccc3Cl)o2)cc1. The molecule has 0 atom stereocenters. The number of halogens is 1. The number of ether oxygens (including phenoxy) is 1. The summed E-state index contributed by atoms with van der Waals surface area (Å²) in [7, 11) is 3.48. The molecular formula is C19H18ClN3O4. The number of hydrogen-bond acceptors (Lipinski definition) is 6. The molecule has 3 aromatic rings. The van der Waals surface area contributed by atoms with Gasteiger partial charge in [0, 0.05) is 29.3 Å². The van der Waals surface area contributed by atoms with E-state index in [2.05, 4.69) is 4.98 Å². The van der Waals surface area contributed by atoms with Crippen molar-refractivity contribution in [2.24, 2.45) is 0 Å². The molecule has 140 valence electrons. The molecule has 1 aromatic heterocycles. The molecule has 0 unspecified atom stereocenters. The summed E-state index contributed by atoms with van der Waals surface area (Å²) in [4.78, 5) is 16.7. The Labute approximate surface area is 161 Å². The number of benzene rings is 2. The van der Waals surface area contributed by atoms with Gasteiger partial charge in [-0.05, 0) is 42.9 Å². The van der Waals surface area contributed by atoms with Crippen molar-refractivity contribution in [1.82, 2.24) is 9.88 Å². The van der Waals surface area contributed by atoms with Crippen molar-refractivity contribution in [3.63, 3.8) is 0 Å². The van der Waals surface area contributed by atoms with Crippen molar-refractivity contribution < 1.29 is 14.1 Å². The Hall–Kier alpha value is -2.90. The molecule has 0 amide bonds. The van der Waals surface area contributed by atoms with E-state index >= 15 is 0 Å². The molecule has 0 saturated heterocycles. The van der Waals surface area contributed by atoms with Crippen LogP contribution in [0.25, 0.3) is 11.3 Å². The van der Waals surface area contributed by atoms with Crippen LogP contribution in [0.4, 0.5) is 5.69 Å². The van der Waals surface area contributed by atoms with Crippen LogP contribution in [0.2, 0.25) is 5.02 Å². The van der Waals surface area contributed by atoms with Gasteiger partial charge < -0.3 is 9.15 Å². The van der Waals surface area contributed by atoms with Crippen LogP contribution in [0.3, 0.4) is 0 Å². The van der Waals surface area contributed by atoms with E-state index in [1.165, 1.54) is 18.2 Å². The summed E-state index contributed by atoms with van der Waals surface area (Å²) in [5, 5.41) is 11.4. The molecule has 7 nitrogen and oxygen atoms in total. The maximum atomic E-state index is 10.9. The lowest BCUT2D eigenvalue weighted by Gasteiger charge is -2.15. The first kappa shape index (κ1) is 18.9. The van der Waals surface area contributed by atoms with Crippen molar-refractivity contribution in [1.29, 1.82) is 0 Å². The third-order valence-electron chi connectivity index (χ3n) is 4.01. The fourth-order valence-corrected chi connectivity index (χ4v) is 2.82. The maximum absolute atomic E-state index is 10.9. The van der Waals surface area contributed by atoms with Gasteiger partial charge in [-0.3, -0.25) is 15.0 Å². The summed E-state index contributed by atoms with van der Waals surface area (Å²) < 4.78 is 11.0. The first-order valence-electron chi connectivity index (χ1n) is 8.17. The highest BCUT2D eigenvalue weighted by molar-refractivity contribution is 6.31. The molecule has 8 heteroatoms. The van der Waals surface area contributed by atoms with Crippen LogP contribution in [0, 0.1) is 10.1 Å². The van der Waals surface area contributed by atoms with Gasteiger partial charge in [0.2, 0.25) is 5.89 Å². The highest BCUT2D eigenvalue weighted by Gasteiger charge is 2.14. The molecule has 0 aliphatic carbocycles. The number of hydrogen-bond donors (Lipinski definition) is 0.